The lowest BCUT2D eigenvalue weighted by Gasteiger charge is -2.24. The van der Waals surface area contributed by atoms with Crippen molar-refractivity contribution < 1.29 is 8.42 Å². The summed E-state index contributed by atoms with van der Waals surface area (Å²) in [5, 5.41) is 0. The van der Waals surface area contributed by atoms with Crippen LogP contribution in [0.5, 0.6) is 0 Å². The van der Waals surface area contributed by atoms with E-state index in [0.29, 0.717) is 24.8 Å². The molecule has 0 bridgehead atoms. The topological polar surface area (TPSA) is 88.3 Å². The summed E-state index contributed by atoms with van der Waals surface area (Å²) in [5.74, 6) is 0. The summed E-state index contributed by atoms with van der Waals surface area (Å²) < 4.78 is 26.9. The first kappa shape index (κ1) is 15.4. The van der Waals surface area contributed by atoms with E-state index in [0.717, 1.165) is 0 Å². The Morgan fingerprint density at radius 3 is 2.70 bits per heavy atom. The summed E-state index contributed by atoms with van der Waals surface area (Å²) in [4.78, 5) is 6.41. The van der Waals surface area contributed by atoms with Crippen molar-refractivity contribution in [2.75, 3.05) is 13.6 Å². The van der Waals surface area contributed by atoms with Crippen molar-refractivity contribution in [1.82, 2.24) is 14.6 Å². The highest BCUT2D eigenvalue weighted by molar-refractivity contribution is 7.89. The molecule has 1 fully saturated rings. The third-order valence-corrected chi connectivity index (χ3v) is 5.11. The molecule has 0 aromatic carbocycles. The van der Waals surface area contributed by atoms with Crippen molar-refractivity contribution in [3.63, 3.8) is 0 Å². The van der Waals surface area contributed by atoms with E-state index in [1.807, 2.05) is 14.0 Å². The van der Waals surface area contributed by atoms with Crippen LogP contribution >= 0.6 is 0 Å². The lowest BCUT2D eigenvalue weighted by Crippen LogP contribution is -2.41. The molecule has 1 saturated carbocycles. The minimum Gasteiger partial charge on any atom is -0.325 e. The molecular weight excluding hydrogens is 276 g/mol. The monoisotopic (exact) mass is 298 g/mol. The maximum absolute atomic E-state index is 12.1. The molecule has 0 radical (unpaired) electrons. The SMILES string of the molecule is CC(CNS(=O)(=O)c1ccc(CN)nc1)N(C)C1CC1. The smallest absolute Gasteiger partial charge is 0.242 e. The fourth-order valence-electron chi connectivity index (χ4n) is 1.99. The summed E-state index contributed by atoms with van der Waals surface area (Å²) in [6.07, 6.45) is 3.76. The van der Waals surface area contributed by atoms with Crippen molar-refractivity contribution in [2.45, 2.75) is 43.3 Å². The minimum atomic E-state index is -3.50. The fourth-order valence-corrected chi connectivity index (χ4v) is 3.06. The van der Waals surface area contributed by atoms with Gasteiger partial charge in [-0.05, 0) is 38.9 Å². The number of likely N-dealkylation sites (N-methyl/N-ethyl adjacent to an activating group) is 1. The van der Waals surface area contributed by atoms with Gasteiger partial charge in [-0.2, -0.15) is 0 Å². The maximum atomic E-state index is 12.1. The Labute approximate surface area is 120 Å². The van der Waals surface area contributed by atoms with Gasteiger partial charge in [0.25, 0.3) is 0 Å². The summed E-state index contributed by atoms with van der Waals surface area (Å²) in [6, 6.07) is 3.95. The fraction of sp³-hybridized carbons (Fsp3) is 0.615. The van der Waals surface area contributed by atoms with Gasteiger partial charge in [-0.25, -0.2) is 13.1 Å². The lowest BCUT2D eigenvalue weighted by atomic mass is 10.3. The third-order valence-electron chi connectivity index (χ3n) is 3.70. The summed E-state index contributed by atoms with van der Waals surface area (Å²) >= 11 is 0. The molecule has 1 aliphatic rings. The van der Waals surface area contributed by atoms with Crippen molar-refractivity contribution in [3.8, 4) is 0 Å². The quantitative estimate of drug-likeness (QED) is 0.756. The molecule has 0 amide bonds. The molecule has 1 aliphatic carbocycles. The van der Waals surface area contributed by atoms with Crippen LogP contribution in [0.2, 0.25) is 0 Å². The van der Waals surface area contributed by atoms with E-state index < -0.39 is 10.0 Å². The predicted octanol–water partition coefficient (Wildman–Crippen LogP) is 0.301. The van der Waals surface area contributed by atoms with E-state index in [1.54, 1.807) is 6.07 Å². The molecule has 20 heavy (non-hydrogen) atoms. The van der Waals surface area contributed by atoms with Gasteiger partial charge in [0, 0.05) is 31.4 Å². The Morgan fingerprint density at radius 2 is 2.20 bits per heavy atom. The molecule has 0 spiro atoms. The molecule has 1 aromatic rings. The Balaban J connectivity index is 1.95. The Morgan fingerprint density at radius 1 is 1.50 bits per heavy atom. The minimum absolute atomic E-state index is 0.175. The molecule has 2 rings (SSSR count). The molecule has 1 atom stereocenters. The molecular formula is C13H22N4O2S. The van der Waals surface area contributed by atoms with E-state index >= 15 is 0 Å². The molecule has 3 N–H and O–H groups in total. The average Bonchev–Trinajstić information content (AvgIpc) is 3.28. The highest BCUT2D eigenvalue weighted by atomic mass is 32.2. The molecule has 0 aliphatic heterocycles. The number of nitrogens with zero attached hydrogens (tertiary/aromatic N) is 2. The first-order valence-electron chi connectivity index (χ1n) is 6.80. The van der Waals surface area contributed by atoms with Gasteiger partial charge in [0.2, 0.25) is 10.0 Å². The maximum Gasteiger partial charge on any atom is 0.242 e. The summed E-state index contributed by atoms with van der Waals surface area (Å²) in [7, 11) is -1.46. The number of nitrogens with one attached hydrogen (secondary N) is 1. The van der Waals surface area contributed by atoms with Crippen molar-refractivity contribution in [3.05, 3.63) is 24.0 Å². The predicted molar refractivity (Wildman–Crippen MR) is 77.6 cm³/mol. The first-order valence-corrected chi connectivity index (χ1v) is 8.29. The van der Waals surface area contributed by atoms with Gasteiger partial charge in [-0.1, -0.05) is 0 Å². The van der Waals surface area contributed by atoms with Gasteiger partial charge in [0.15, 0.2) is 0 Å². The molecule has 0 saturated heterocycles. The van der Waals surface area contributed by atoms with Crippen LogP contribution in [0.1, 0.15) is 25.5 Å². The van der Waals surface area contributed by atoms with Gasteiger partial charge in [-0.3, -0.25) is 9.88 Å². The normalized spacial score (nSPS) is 17.4. The van der Waals surface area contributed by atoms with Crippen molar-refractivity contribution >= 4 is 10.0 Å². The van der Waals surface area contributed by atoms with Crippen LogP contribution in [-0.2, 0) is 16.6 Å². The summed E-state index contributed by atoms with van der Waals surface area (Å²) in [5.41, 5.74) is 6.11. The van der Waals surface area contributed by atoms with Crippen LogP contribution in [0.3, 0.4) is 0 Å². The van der Waals surface area contributed by atoms with Gasteiger partial charge in [0.05, 0.1) is 5.69 Å². The highest BCUT2D eigenvalue weighted by Crippen LogP contribution is 2.26. The molecule has 112 valence electrons. The van der Waals surface area contributed by atoms with Gasteiger partial charge in [0.1, 0.15) is 4.90 Å². The standard InChI is InChI=1S/C13H22N4O2S/c1-10(17(2)12-4-5-12)8-16-20(18,19)13-6-3-11(7-14)15-9-13/h3,6,9-10,12,16H,4-5,7-8,14H2,1-2H3. The zero-order valence-corrected chi connectivity index (χ0v) is 12.7. The number of aromatic nitrogens is 1. The number of rotatable bonds is 7. The van der Waals surface area contributed by atoms with Gasteiger partial charge >= 0.3 is 0 Å². The number of sulfonamides is 1. The van der Waals surface area contributed by atoms with E-state index in [1.165, 1.54) is 25.1 Å². The van der Waals surface area contributed by atoms with Crippen LogP contribution in [0.4, 0.5) is 0 Å². The first-order chi connectivity index (χ1) is 9.44. The molecule has 6 nitrogen and oxygen atoms in total. The average molecular weight is 298 g/mol. The van der Waals surface area contributed by atoms with Crippen LogP contribution in [0, 0.1) is 0 Å². The number of pyridine rings is 1. The Hall–Kier alpha value is -1.02. The second-order valence-electron chi connectivity index (χ2n) is 5.29. The molecule has 7 heteroatoms. The zero-order chi connectivity index (χ0) is 14.8. The van der Waals surface area contributed by atoms with E-state index in [2.05, 4.69) is 14.6 Å². The van der Waals surface area contributed by atoms with Crippen LogP contribution in [0.15, 0.2) is 23.2 Å². The van der Waals surface area contributed by atoms with E-state index in [9.17, 15) is 8.42 Å². The summed E-state index contributed by atoms with van der Waals surface area (Å²) in [6.45, 7) is 2.72. The Bertz CT molecular complexity index is 540. The number of hydrogen-bond donors (Lipinski definition) is 2. The van der Waals surface area contributed by atoms with Crippen LogP contribution in [0.25, 0.3) is 0 Å². The highest BCUT2D eigenvalue weighted by Gasteiger charge is 2.29. The Kier molecular flexibility index (Phi) is 4.74. The second-order valence-corrected chi connectivity index (χ2v) is 7.05. The number of hydrogen-bond acceptors (Lipinski definition) is 5. The zero-order valence-electron chi connectivity index (χ0n) is 11.9. The molecule has 1 heterocycles. The van der Waals surface area contributed by atoms with Crippen molar-refractivity contribution in [1.29, 1.82) is 0 Å². The van der Waals surface area contributed by atoms with E-state index in [-0.39, 0.29) is 10.9 Å². The van der Waals surface area contributed by atoms with Gasteiger partial charge < -0.3 is 5.73 Å². The largest absolute Gasteiger partial charge is 0.325 e. The number of nitrogens with two attached hydrogens (primary N) is 1. The van der Waals surface area contributed by atoms with Crippen LogP contribution in [-0.4, -0.2) is 44.0 Å². The molecule has 1 aromatic heterocycles. The third kappa shape index (κ3) is 3.76. The molecule has 1 unspecified atom stereocenters. The lowest BCUT2D eigenvalue weighted by molar-refractivity contribution is 0.248. The van der Waals surface area contributed by atoms with Gasteiger partial charge in [-0.15, -0.1) is 0 Å². The van der Waals surface area contributed by atoms with Crippen LogP contribution < -0.4 is 10.5 Å². The second kappa shape index (κ2) is 6.17. The van der Waals surface area contributed by atoms with Crippen molar-refractivity contribution in [2.24, 2.45) is 5.73 Å². The van der Waals surface area contributed by atoms with E-state index in [4.69, 9.17) is 5.73 Å².